The molecule has 0 radical (unpaired) electrons. The van der Waals surface area contributed by atoms with Gasteiger partial charge in [-0.1, -0.05) is 86.6 Å². The van der Waals surface area contributed by atoms with Crippen LogP contribution in [0.4, 0.5) is 4.79 Å². The number of hydrogen-bond donors (Lipinski definition) is 3. The highest BCUT2D eigenvalue weighted by atomic mass is 16.5. The molecular weight excluding hydrogens is 807 g/mol. The fourth-order valence-corrected chi connectivity index (χ4v) is 10.1. The van der Waals surface area contributed by atoms with E-state index in [1.807, 2.05) is 42.1 Å². The van der Waals surface area contributed by atoms with E-state index in [1.165, 1.54) is 12.7 Å². The van der Waals surface area contributed by atoms with Crippen molar-refractivity contribution in [2.24, 2.45) is 5.92 Å². The molecule has 3 amide bonds. The molecule has 4 atom stereocenters. The smallest absolute Gasteiger partial charge is 0.407 e. The van der Waals surface area contributed by atoms with Crippen LogP contribution in [0.15, 0.2) is 85.2 Å². The summed E-state index contributed by atoms with van der Waals surface area (Å²) in [5.41, 5.74) is 7.95. The second-order valence-electron chi connectivity index (χ2n) is 18.5. The van der Waals surface area contributed by atoms with Crippen molar-refractivity contribution < 1.29 is 23.9 Å². The average molecular weight is 868 g/mol. The van der Waals surface area contributed by atoms with Crippen LogP contribution in [0.2, 0.25) is 0 Å². The largest absolute Gasteiger partial charge is 0.453 e. The first kappa shape index (κ1) is 43.4. The summed E-state index contributed by atoms with van der Waals surface area (Å²) >= 11 is 0. The van der Waals surface area contributed by atoms with Gasteiger partial charge in [-0.25, -0.2) is 14.8 Å². The molecule has 0 saturated carbocycles. The molecule has 2 aromatic heterocycles. The number of H-pyrrole nitrogens is 2. The van der Waals surface area contributed by atoms with Gasteiger partial charge in [-0.15, -0.1) is 0 Å². The van der Waals surface area contributed by atoms with Crippen molar-refractivity contribution in [2.75, 3.05) is 60.0 Å². The number of hydrogen-bond acceptors (Lipinski definition) is 9. The molecule has 9 rings (SSSR count). The van der Waals surface area contributed by atoms with Gasteiger partial charge in [0.15, 0.2) is 0 Å². The SMILES string of the molecule is COC(=O)N[C@H](C(=O)N1CCC[C@H]1c1ncc(-c2ccc(-c3ccc(-c4cnc([C@@H]5C[C@@]6(CCCO6)CN5C(=O)Cc5ccccc5CN5CCN(C)CC5)[nH]4)cc3)cc2)[nH]1)C(C)C. The van der Waals surface area contributed by atoms with E-state index < -0.39 is 12.1 Å². The maximum Gasteiger partial charge on any atom is 0.407 e. The minimum Gasteiger partial charge on any atom is -0.453 e. The van der Waals surface area contributed by atoms with Crippen LogP contribution < -0.4 is 5.32 Å². The Balaban J connectivity index is 0.859. The lowest BCUT2D eigenvalue weighted by Crippen LogP contribution is -2.51. The number of carbonyl (C=O) groups is 3. The third-order valence-electron chi connectivity index (χ3n) is 13.8. The van der Waals surface area contributed by atoms with E-state index in [0.29, 0.717) is 19.5 Å². The number of piperazine rings is 1. The summed E-state index contributed by atoms with van der Waals surface area (Å²) in [5, 5.41) is 2.71. The van der Waals surface area contributed by atoms with Gasteiger partial charge in [-0.05, 0) is 72.0 Å². The van der Waals surface area contributed by atoms with Gasteiger partial charge >= 0.3 is 6.09 Å². The molecule has 14 heteroatoms. The van der Waals surface area contributed by atoms with Gasteiger partial charge in [0.05, 0.1) is 61.5 Å². The number of ether oxygens (including phenoxy) is 2. The molecule has 336 valence electrons. The van der Waals surface area contributed by atoms with Gasteiger partial charge in [0.25, 0.3) is 0 Å². The maximum absolute atomic E-state index is 14.3. The number of carbonyl (C=O) groups excluding carboxylic acids is 3. The standard InChI is InChI=1S/C50H61N9O5/c1-33(2)45(55-49(62)63-4)48(61)58-21-7-11-42(58)46-51-29-40(53-46)36-16-12-34(13-17-36)35-14-18-37(19-15-35)41-30-52-47(54-41)43-28-50(20-8-26-64-50)32-59(43)44(60)27-38-9-5-6-10-39(38)31-57-24-22-56(3)23-25-57/h5-6,9-10,12-19,29-30,33,42-43,45H,7-8,11,20-28,31-32H2,1-4H3,(H,51,53)(H,52,54)(H,55,62)/t42-,43-,45-,50-/m0/s1. The van der Waals surface area contributed by atoms with E-state index >= 15 is 0 Å². The maximum atomic E-state index is 14.3. The number of benzene rings is 3. The quantitative estimate of drug-likeness (QED) is 0.121. The van der Waals surface area contributed by atoms with Gasteiger partial charge < -0.3 is 39.5 Å². The molecule has 14 nitrogen and oxygen atoms in total. The van der Waals surface area contributed by atoms with Crippen molar-refractivity contribution in [1.82, 2.24) is 44.9 Å². The van der Waals surface area contributed by atoms with Crippen LogP contribution in [0.3, 0.4) is 0 Å². The lowest BCUT2D eigenvalue weighted by atomic mass is 9.96. The first-order valence-electron chi connectivity index (χ1n) is 22.9. The van der Waals surface area contributed by atoms with Gasteiger partial charge in [0.1, 0.15) is 17.7 Å². The van der Waals surface area contributed by atoms with Gasteiger partial charge in [-0.3, -0.25) is 14.5 Å². The van der Waals surface area contributed by atoms with E-state index in [9.17, 15) is 14.4 Å². The lowest BCUT2D eigenvalue weighted by Gasteiger charge is -2.33. The van der Waals surface area contributed by atoms with Gasteiger partial charge in [0.2, 0.25) is 11.8 Å². The molecule has 4 fully saturated rings. The van der Waals surface area contributed by atoms with Crippen LogP contribution in [0, 0.1) is 5.92 Å². The van der Waals surface area contributed by atoms with Crippen molar-refractivity contribution in [3.63, 3.8) is 0 Å². The molecule has 0 unspecified atom stereocenters. The topological polar surface area (TPSA) is 152 Å². The van der Waals surface area contributed by atoms with E-state index in [2.05, 4.69) is 98.9 Å². The van der Waals surface area contributed by atoms with Crippen LogP contribution in [0.5, 0.6) is 0 Å². The highest BCUT2D eigenvalue weighted by Crippen LogP contribution is 2.45. The number of amides is 3. The first-order chi connectivity index (χ1) is 31.1. The molecule has 4 saturated heterocycles. The average Bonchev–Trinajstić information content (AvgIpc) is 4.18. The van der Waals surface area contributed by atoms with Crippen LogP contribution in [0.1, 0.15) is 80.8 Å². The zero-order valence-electron chi connectivity index (χ0n) is 37.5. The number of aromatic nitrogens is 4. The molecule has 6 heterocycles. The molecule has 0 aliphatic carbocycles. The number of likely N-dealkylation sites (N-methyl/N-ethyl adjacent to an activating group) is 1. The predicted molar refractivity (Wildman–Crippen MR) is 245 cm³/mol. The lowest BCUT2D eigenvalue weighted by molar-refractivity contribution is -0.135. The predicted octanol–water partition coefficient (Wildman–Crippen LogP) is 6.99. The van der Waals surface area contributed by atoms with E-state index in [0.717, 1.165) is 122 Å². The number of nitrogens with one attached hydrogen (secondary N) is 3. The molecule has 1 spiro atoms. The number of aromatic amines is 2. The molecule has 5 aromatic rings. The van der Waals surface area contributed by atoms with Crippen molar-refractivity contribution in [3.05, 3.63) is 108 Å². The van der Waals surface area contributed by atoms with Crippen LogP contribution in [-0.2, 0) is 32.0 Å². The summed E-state index contributed by atoms with van der Waals surface area (Å²) in [6.45, 7) is 10.8. The van der Waals surface area contributed by atoms with Gasteiger partial charge in [0, 0.05) is 52.3 Å². The number of nitrogens with zero attached hydrogens (tertiary/aromatic N) is 6. The zero-order valence-corrected chi connectivity index (χ0v) is 37.5. The summed E-state index contributed by atoms with van der Waals surface area (Å²) in [4.78, 5) is 65.3. The summed E-state index contributed by atoms with van der Waals surface area (Å²) in [7, 11) is 3.47. The molecule has 3 N–H and O–H groups in total. The molecule has 4 aliphatic heterocycles. The van der Waals surface area contributed by atoms with Crippen molar-refractivity contribution >= 4 is 17.9 Å². The number of alkyl carbamates (subject to hydrolysis) is 1. The van der Waals surface area contributed by atoms with Crippen LogP contribution in [-0.4, -0.2) is 129 Å². The fourth-order valence-electron chi connectivity index (χ4n) is 10.1. The van der Waals surface area contributed by atoms with Crippen LogP contribution in [0.25, 0.3) is 33.6 Å². The second kappa shape index (κ2) is 18.7. The van der Waals surface area contributed by atoms with Crippen molar-refractivity contribution in [1.29, 1.82) is 0 Å². The molecule has 4 aliphatic rings. The Morgan fingerprint density at radius 3 is 2.00 bits per heavy atom. The Morgan fingerprint density at radius 2 is 1.41 bits per heavy atom. The molecule has 3 aromatic carbocycles. The third kappa shape index (κ3) is 9.22. The van der Waals surface area contributed by atoms with Crippen LogP contribution >= 0.6 is 0 Å². The van der Waals surface area contributed by atoms with Gasteiger partial charge in [-0.2, -0.15) is 0 Å². The molecule has 0 bridgehead atoms. The fraction of sp³-hybridized carbons (Fsp3) is 0.460. The first-order valence-corrected chi connectivity index (χ1v) is 22.9. The normalized spacial score (nSPS) is 22.1. The Kier molecular flexibility index (Phi) is 12.7. The minimum absolute atomic E-state index is 0.100. The summed E-state index contributed by atoms with van der Waals surface area (Å²) in [6.07, 6.45) is 7.78. The number of likely N-dealkylation sites (tertiary alicyclic amines) is 2. The Hall–Kier alpha value is -5.83. The Morgan fingerprint density at radius 1 is 0.797 bits per heavy atom. The number of rotatable bonds is 12. The van der Waals surface area contributed by atoms with E-state index in [-0.39, 0.29) is 35.4 Å². The number of methoxy groups -OCH3 is 1. The highest BCUT2D eigenvalue weighted by molar-refractivity contribution is 5.86. The monoisotopic (exact) mass is 867 g/mol. The van der Waals surface area contributed by atoms with Crippen molar-refractivity contribution in [3.8, 4) is 33.6 Å². The minimum atomic E-state index is -0.683. The number of imidazole rings is 2. The summed E-state index contributed by atoms with van der Waals surface area (Å²) in [5.74, 6) is 1.42. The second-order valence-corrected chi connectivity index (χ2v) is 18.5. The Labute approximate surface area is 375 Å². The molecule has 64 heavy (non-hydrogen) atoms. The van der Waals surface area contributed by atoms with E-state index in [1.54, 1.807) is 0 Å². The highest BCUT2D eigenvalue weighted by Gasteiger charge is 2.50. The summed E-state index contributed by atoms with van der Waals surface area (Å²) in [6, 6.07) is 24.2. The Bertz CT molecular complexity index is 2410. The molecular formula is C50H61N9O5. The zero-order chi connectivity index (χ0) is 44.4. The summed E-state index contributed by atoms with van der Waals surface area (Å²) < 4.78 is 11.2. The van der Waals surface area contributed by atoms with Crippen molar-refractivity contribution in [2.45, 2.75) is 82.6 Å². The third-order valence-corrected chi connectivity index (χ3v) is 13.8. The van der Waals surface area contributed by atoms with E-state index in [4.69, 9.17) is 19.4 Å².